The SMILES string of the molecule is Cc1nc(C2CCN(CC3CCOC3)CC2)ccc1COc1c(F)cc(F)cc1-c1cccc(N2CCC(C(=O)O)CC2)n1. The van der Waals surface area contributed by atoms with Crippen LogP contribution in [0.15, 0.2) is 42.5 Å². The Bertz CT molecular complexity index is 1470. The van der Waals surface area contributed by atoms with Crippen LogP contribution in [0.25, 0.3) is 11.3 Å². The predicted octanol–water partition coefficient (Wildman–Crippen LogP) is 5.83. The maximum absolute atomic E-state index is 15.2. The molecule has 3 saturated heterocycles. The number of nitrogens with zero attached hydrogens (tertiary/aromatic N) is 4. The third kappa shape index (κ3) is 7.02. The minimum Gasteiger partial charge on any atom is -0.485 e. The lowest BCUT2D eigenvalue weighted by atomic mass is 9.92. The Morgan fingerprint density at radius 1 is 1.02 bits per heavy atom. The standard InChI is InChI=1S/C34H40F2N4O4/c1-22-26(5-6-30(37-22)24-7-12-39(13-8-24)19-23-11-16-43-20-23)21-44-33-28(17-27(35)18-29(33)36)31-3-2-4-32(38-31)40-14-9-25(10-15-40)34(41)42/h2-6,17-18,23-25H,7-16,19-21H2,1H3,(H,41,42). The fourth-order valence-corrected chi connectivity index (χ4v) is 6.65. The Hall–Kier alpha value is -3.63. The number of hydrogen-bond acceptors (Lipinski definition) is 7. The Morgan fingerprint density at radius 3 is 2.52 bits per heavy atom. The van der Waals surface area contributed by atoms with E-state index in [1.54, 1.807) is 12.1 Å². The fourth-order valence-electron chi connectivity index (χ4n) is 6.65. The number of pyridine rings is 2. The summed E-state index contributed by atoms with van der Waals surface area (Å²) in [6, 6.07) is 11.4. The van der Waals surface area contributed by atoms with Crippen LogP contribution in [0.1, 0.15) is 55.0 Å². The number of piperidine rings is 2. The maximum Gasteiger partial charge on any atom is 0.306 e. The lowest BCUT2D eigenvalue weighted by Gasteiger charge is -2.33. The summed E-state index contributed by atoms with van der Waals surface area (Å²) in [4.78, 5) is 25.5. The van der Waals surface area contributed by atoms with Gasteiger partial charge in [0.2, 0.25) is 0 Å². The van der Waals surface area contributed by atoms with Gasteiger partial charge in [0.05, 0.1) is 18.2 Å². The van der Waals surface area contributed by atoms with Crippen LogP contribution in [0, 0.1) is 30.4 Å². The second-order valence-electron chi connectivity index (χ2n) is 12.3. The zero-order valence-corrected chi connectivity index (χ0v) is 25.2. The molecule has 1 unspecified atom stereocenters. The van der Waals surface area contributed by atoms with Crippen molar-refractivity contribution in [2.24, 2.45) is 11.8 Å². The predicted molar refractivity (Wildman–Crippen MR) is 163 cm³/mol. The van der Waals surface area contributed by atoms with Crippen molar-refractivity contribution in [3.05, 3.63) is 71.1 Å². The second kappa shape index (κ2) is 13.6. The summed E-state index contributed by atoms with van der Waals surface area (Å²) in [5.74, 6) is -1.03. The highest BCUT2D eigenvalue weighted by Crippen LogP contribution is 2.35. The third-order valence-electron chi connectivity index (χ3n) is 9.32. The van der Waals surface area contributed by atoms with Crippen LogP contribution in [0.5, 0.6) is 5.75 Å². The fraction of sp³-hybridized carbons (Fsp3) is 0.500. The molecule has 1 N–H and O–H groups in total. The molecule has 8 nitrogen and oxygen atoms in total. The first-order chi connectivity index (χ1) is 21.3. The minimum absolute atomic E-state index is 0.0656. The van der Waals surface area contributed by atoms with Gasteiger partial charge in [0.25, 0.3) is 0 Å². The van der Waals surface area contributed by atoms with E-state index in [1.165, 1.54) is 6.07 Å². The number of anilines is 1. The molecule has 0 bridgehead atoms. The van der Waals surface area contributed by atoms with Crippen molar-refractivity contribution in [2.75, 3.05) is 50.8 Å². The number of ether oxygens (including phenoxy) is 2. The number of halogens is 2. The zero-order valence-electron chi connectivity index (χ0n) is 25.2. The number of aromatic nitrogens is 2. The molecule has 2 aromatic heterocycles. The van der Waals surface area contributed by atoms with Crippen LogP contribution in [0.2, 0.25) is 0 Å². The number of hydrogen-bond donors (Lipinski definition) is 1. The average Bonchev–Trinajstić information content (AvgIpc) is 3.54. The number of carbonyl (C=O) groups is 1. The molecular weight excluding hydrogens is 566 g/mol. The van der Waals surface area contributed by atoms with Crippen LogP contribution in [-0.4, -0.2) is 71.9 Å². The lowest BCUT2D eigenvalue weighted by molar-refractivity contribution is -0.142. The molecule has 3 aromatic rings. The molecule has 0 amide bonds. The van der Waals surface area contributed by atoms with Crippen molar-refractivity contribution in [3.8, 4) is 17.0 Å². The summed E-state index contributed by atoms with van der Waals surface area (Å²) < 4.78 is 41.1. The number of benzene rings is 1. The second-order valence-corrected chi connectivity index (χ2v) is 12.3. The van der Waals surface area contributed by atoms with Crippen LogP contribution in [-0.2, 0) is 16.1 Å². The quantitative estimate of drug-likeness (QED) is 0.326. The van der Waals surface area contributed by atoms with Crippen LogP contribution in [0.4, 0.5) is 14.6 Å². The molecule has 0 radical (unpaired) electrons. The van der Waals surface area contributed by atoms with E-state index in [1.807, 2.05) is 24.0 Å². The average molecular weight is 607 g/mol. The Balaban J connectivity index is 1.12. The van der Waals surface area contributed by atoms with E-state index in [9.17, 15) is 14.3 Å². The maximum atomic E-state index is 15.2. The van der Waals surface area contributed by atoms with Gasteiger partial charge < -0.3 is 24.4 Å². The lowest BCUT2D eigenvalue weighted by Crippen LogP contribution is -2.36. The van der Waals surface area contributed by atoms with Crippen molar-refractivity contribution < 1.29 is 28.2 Å². The summed E-state index contributed by atoms with van der Waals surface area (Å²) in [5.41, 5.74) is 3.36. The monoisotopic (exact) mass is 606 g/mol. The van der Waals surface area contributed by atoms with Crippen molar-refractivity contribution in [2.45, 2.75) is 51.6 Å². The molecule has 0 aliphatic carbocycles. The highest BCUT2D eigenvalue weighted by atomic mass is 19.1. The Kier molecular flexibility index (Phi) is 9.37. The van der Waals surface area contributed by atoms with Gasteiger partial charge >= 0.3 is 5.97 Å². The normalized spacial score (nSPS) is 20.2. The molecule has 1 atom stereocenters. The smallest absolute Gasteiger partial charge is 0.306 e. The van der Waals surface area contributed by atoms with Gasteiger partial charge in [-0.25, -0.2) is 13.8 Å². The van der Waals surface area contributed by atoms with Crippen LogP contribution < -0.4 is 9.64 Å². The zero-order chi connectivity index (χ0) is 30.6. The topological polar surface area (TPSA) is 88.0 Å². The van der Waals surface area contributed by atoms with Crippen molar-refractivity contribution in [1.29, 1.82) is 0 Å². The number of likely N-dealkylation sites (tertiary alicyclic amines) is 1. The minimum atomic E-state index is -0.798. The van der Waals surface area contributed by atoms with Crippen LogP contribution >= 0.6 is 0 Å². The molecule has 5 heterocycles. The van der Waals surface area contributed by atoms with Crippen molar-refractivity contribution in [1.82, 2.24) is 14.9 Å². The largest absolute Gasteiger partial charge is 0.485 e. The number of aryl methyl sites for hydroxylation is 1. The highest BCUT2D eigenvalue weighted by molar-refractivity contribution is 5.71. The van der Waals surface area contributed by atoms with Gasteiger partial charge in [-0.2, -0.15) is 0 Å². The van der Waals surface area contributed by atoms with E-state index in [-0.39, 0.29) is 23.8 Å². The van der Waals surface area contributed by atoms with Gasteiger partial charge in [0.1, 0.15) is 18.2 Å². The van der Waals surface area contributed by atoms with Gasteiger partial charge in [-0.15, -0.1) is 0 Å². The van der Waals surface area contributed by atoms with E-state index >= 15 is 4.39 Å². The van der Waals surface area contributed by atoms with Crippen molar-refractivity contribution >= 4 is 11.8 Å². The van der Waals surface area contributed by atoms with E-state index in [4.69, 9.17) is 19.4 Å². The Labute approximate surface area is 257 Å². The van der Waals surface area contributed by atoms with E-state index < -0.39 is 17.6 Å². The van der Waals surface area contributed by atoms with E-state index in [0.717, 1.165) is 75.1 Å². The molecule has 10 heteroatoms. The van der Waals surface area contributed by atoms with Crippen molar-refractivity contribution in [3.63, 3.8) is 0 Å². The molecule has 0 saturated carbocycles. The number of carboxylic acid groups (broad SMARTS) is 1. The highest BCUT2D eigenvalue weighted by Gasteiger charge is 2.27. The molecule has 3 fully saturated rings. The summed E-state index contributed by atoms with van der Waals surface area (Å²) >= 11 is 0. The van der Waals surface area contributed by atoms with Gasteiger partial charge in [-0.1, -0.05) is 12.1 Å². The van der Waals surface area contributed by atoms with Gasteiger partial charge in [0.15, 0.2) is 11.6 Å². The number of aliphatic carboxylic acids is 1. The first kappa shape index (κ1) is 30.4. The molecule has 6 rings (SSSR count). The summed E-state index contributed by atoms with van der Waals surface area (Å²) in [6.45, 7) is 8.13. The van der Waals surface area contributed by atoms with E-state index in [0.29, 0.717) is 49.3 Å². The first-order valence-electron chi connectivity index (χ1n) is 15.7. The summed E-state index contributed by atoms with van der Waals surface area (Å²) in [7, 11) is 0. The molecule has 44 heavy (non-hydrogen) atoms. The number of rotatable bonds is 9. The third-order valence-corrected chi connectivity index (χ3v) is 9.32. The van der Waals surface area contributed by atoms with Gasteiger partial charge in [-0.3, -0.25) is 9.78 Å². The van der Waals surface area contributed by atoms with Crippen LogP contribution in [0.3, 0.4) is 0 Å². The summed E-state index contributed by atoms with van der Waals surface area (Å²) in [6.07, 6.45) is 4.34. The molecule has 1 aromatic carbocycles. The molecular formula is C34H40F2N4O4. The van der Waals surface area contributed by atoms with Gasteiger partial charge in [0, 0.05) is 60.7 Å². The molecule has 3 aliphatic rings. The Morgan fingerprint density at radius 2 is 1.82 bits per heavy atom. The first-order valence-corrected chi connectivity index (χ1v) is 15.7. The number of carboxylic acids is 1. The molecule has 3 aliphatic heterocycles. The molecule has 234 valence electrons. The van der Waals surface area contributed by atoms with Gasteiger partial charge in [-0.05, 0) is 82.3 Å². The molecule has 0 spiro atoms. The van der Waals surface area contributed by atoms with E-state index in [2.05, 4.69) is 11.0 Å². The summed E-state index contributed by atoms with van der Waals surface area (Å²) in [5, 5.41) is 9.31.